The van der Waals surface area contributed by atoms with Crippen molar-refractivity contribution in [3.05, 3.63) is 54.1 Å². The second-order valence-electron chi connectivity index (χ2n) is 6.09. The van der Waals surface area contributed by atoms with Crippen molar-refractivity contribution in [1.82, 2.24) is 4.90 Å². The maximum absolute atomic E-state index is 13.9. The summed E-state index contributed by atoms with van der Waals surface area (Å²) in [4.78, 5) is 3.41. The van der Waals surface area contributed by atoms with Crippen molar-refractivity contribution in [2.45, 2.75) is 11.8 Å². The zero-order valence-corrected chi connectivity index (χ0v) is 15.3. The molecule has 2 aromatic rings. The molecule has 26 heavy (non-hydrogen) atoms. The van der Waals surface area contributed by atoms with Crippen LogP contribution in [0.4, 0.5) is 20.2 Å². The Morgan fingerprint density at radius 1 is 0.962 bits per heavy atom. The molecule has 1 heterocycles. The summed E-state index contributed by atoms with van der Waals surface area (Å²) in [6.45, 7) is 6.32. The molecular formula is C18H21F2N3O2S. The SMILES string of the molecule is CCN1CCN(c2ccccc2NS(=O)(=O)c2c(F)cccc2F)CC1. The molecule has 0 spiro atoms. The third-order valence-corrected chi connectivity index (χ3v) is 5.91. The minimum absolute atomic E-state index is 0.306. The van der Waals surface area contributed by atoms with Gasteiger partial charge < -0.3 is 9.80 Å². The molecule has 0 aliphatic carbocycles. The number of piperazine rings is 1. The smallest absolute Gasteiger partial charge is 0.267 e. The van der Waals surface area contributed by atoms with Crippen LogP contribution in [0, 0.1) is 11.6 Å². The summed E-state index contributed by atoms with van der Waals surface area (Å²) in [5.41, 5.74) is 1.00. The fourth-order valence-electron chi connectivity index (χ4n) is 3.08. The molecule has 0 radical (unpaired) electrons. The van der Waals surface area contributed by atoms with Crippen molar-refractivity contribution in [2.24, 2.45) is 0 Å². The predicted molar refractivity (Wildman–Crippen MR) is 97.9 cm³/mol. The standard InChI is InChI=1S/C18H21F2N3O2S/c1-2-22-10-12-23(13-11-22)17-9-4-3-8-16(17)21-26(24,25)18-14(19)6-5-7-15(18)20/h3-9,21H,2,10-13H2,1H3. The summed E-state index contributed by atoms with van der Waals surface area (Å²) in [6, 6.07) is 9.87. The highest BCUT2D eigenvalue weighted by molar-refractivity contribution is 7.92. The molecule has 0 aromatic heterocycles. The van der Waals surface area contributed by atoms with Crippen LogP contribution in [-0.4, -0.2) is 46.0 Å². The number of para-hydroxylation sites is 2. The van der Waals surface area contributed by atoms with Crippen molar-refractivity contribution in [3.63, 3.8) is 0 Å². The molecule has 1 saturated heterocycles. The Morgan fingerprint density at radius 3 is 2.19 bits per heavy atom. The van der Waals surface area contributed by atoms with Crippen LogP contribution in [0.2, 0.25) is 0 Å². The van der Waals surface area contributed by atoms with E-state index < -0.39 is 26.6 Å². The maximum Gasteiger partial charge on any atom is 0.267 e. The molecule has 2 aromatic carbocycles. The zero-order valence-electron chi connectivity index (χ0n) is 14.5. The van der Waals surface area contributed by atoms with E-state index in [1.807, 2.05) is 6.07 Å². The topological polar surface area (TPSA) is 52.6 Å². The summed E-state index contributed by atoms with van der Waals surface area (Å²) >= 11 is 0. The molecule has 0 saturated carbocycles. The van der Waals surface area contributed by atoms with Crippen LogP contribution in [0.5, 0.6) is 0 Å². The number of likely N-dealkylation sites (N-methyl/N-ethyl adjacent to an activating group) is 1. The number of rotatable bonds is 5. The minimum Gasteiger partial charge on any atom is -0.367 e. The van der Waals surface area contributed by atoms with Gasteiger partial charge in [0.25, 0.3) is 10.0 Å². The average molecular weight is 381 g/mol. The van der Waals surface area contributed by atoms with Crippen LogP contribution in [0.1, 0.15) is 6.92 Å². The van der Waals surface area contributed by atoms with E-state index in [0.717, 1.165) is 50.9 Å². The van der Waals surface area contributed by atoms with Gasteiger partial charge in [0.15, 0.2) is 4.90 Å². The van der Waals surface area contributed by atoms with Gasteiger partial charge in [-0.15, -0.1) is 0 Å². The van der Waals surface area contributed by atoms with E-state index in [1.165, 1.54) is 0 Å². The lowest BCUT2D eigenvalue weighted by molar-refractivity contribution is 0.271. The first-order chi connectivity index (χ1) is 12.4. The second kappa shape index (κ2) is 7.59. The number of sulfonamides is 1. The Labute approximate surface area is 152 Å². The number of hydrogen-bond acceptors (Lipinski definition) is 4. The van der Waals surface area contributed by atoms with Gasteiger partial charge in [0, 0.05) is 26.2 Å². The van der Waals surface area contributed by atoms with Crippen molar-refractivity contribution in [2.75, 3.05) is 42.3 Å². The average Bonchev–Trinajstić information content (AvgIpc) is 2.61. The first-order valence-electron chi connectivity index (χ1n) is 8.45. The Hall–Kier alpha value is -2.19. The van der Waals surface area contributed by atoms with E-state index in [1.54, 1.807) is 18.2 Å². The van der Waals surface area contributed by atoms with Gasteiger partial charge >= 0.3 is 0 Å². The van der Waals surface area contributed by atoms with Crippen LogP contribution in [0.15, 0.2) is 47.4 Å². The largest absolute Gasteiger partial charge is 0.367 e. The van der Waals surface area contributed by atoms with E-state index in [2.05, 4.69) is 21.4 Å². The van der Waals surface area contributed by atoms with E-state index in [4.69, 9.17) is 0 Å². The normalized spacial score (nSPS) is 15.9. The van der Waals surface area contributed by atoms with Crippen LogP contribution in [0.3, 0.4) is 0 Å². The van der Waals surface area contributed by atoms with E-state index in [9.17, 15) is 17.2 Å². The van der Waals surface area contributed by atoms with Gasteiger partial charge in [-0.1, -0.05) is 25.1 Å². The van der Waals surface area contributed by atoms with Crippen molar-refractivity contribution in [3.8, 4) is 0 Å². The molecule has 5 nitrogen and oxygen atoms in total. The van der Waals surface area contributed by atoms with Crippen LogP contribution in [-0.2, 0) is 10.0 Å². The van der Waals surface area contributed by atoms with E-state index >= 15 is 0 Å². The van der Waals surface area contributed by atoms with E-state index in [0.29, 0.717) is 11.4 Å². The maximum atomic E-state index is 13.9. The molecule has 1 aliphatic rings. The number of benzene rings is 2. The molecule has 1 N–H and O–H groups in total. The Bertz CT molecular complexity index is 862. The number of halogens is 2. The summed E-state index contributed by atoms with van der Waals surface area (Å²) in [7, 11) is -4.39. The zero-order chi connectivity index (χ0) is 18.7. The Balaban J connectivity index is 1.89. The molecule has 8 heteroatoms. The highest BCUT2D eigenvalue weighted by atomic mass is 32.2. The van der Waals surface area contributed by atoms with Gasteiger partial charge in [0.05, 0.1) is 11.4 Å². The van der Waals surface area contributed by atoms with Gasteiger partial charge in [0.2, 0.25) is 0 Å². The van der Waals surface area contributed by atoms with Gasteiger partial charge in [0.1, 0.15) is 11.6 Å². The van der Waals surface area contributed by atoms with Crippen LogP contribution in [0.25, 0.3) is 0 Å². The van der Waals surface area contributed by atoms with Crippen molar-refractivity contribution < 1.29 is 17.2 Å². The van der Waals surface area contributed by atoms with E-state index in [-0.39, 0.29) is 0 Å². The number of hydrogen-bond donors (Lipinski definition) is 1. The monoisotopic (exact) mass is 381 g/mol. The van der Waals surface area contributed by atoms with Crippen molar-refractivity contribution >= 4 is 21.4 Å². The molecule has 0 amide bonds. The lowest BCUT2D eigenvalue weighted by atomic mass is 10.2. The highest BCUT2D eigenvalue weighted by Gasteiger charge is 2.26. The first kappa shape index (κ1) is 18.6. The number of nitrogens with zero attached hydrogens (tertiary/aromatic N) is 2. The summed E-state index contributed by atoms with van der Waals surface area (Å²) in [6.07, 6.45) is 0. The molecule has 0 bridgehead atoms. The van der Waals surface area contributed by atoms with Gasteiger partial charge in [-0.05, 0) is 30.8 Å². The van der Waals surface area contributed by atoms with Gasteiger partial charge in [-0.25, -0.2) is 17.2 Å². The highest BCUT2D eigenvalue weighted by Crippen LogP contribution is 2.30. The molecule has 3 rings (SSSR count). The first-order valence-corrected chi connectivity index (χ1v) is 9.94. The quantitative estimate of drug-likeness (QED) is 0.865. The minimum atomic E-state index is -4.39. The molecule has 0 unspecified atom stereocenters. The fourth-order valence-corrected chi connectivity index (χ4v) is 4.29. The van der Waals surface area contributed by atoms with Crippen LogP contribution >= 0.6 is 0 Å². The molecule has 140 valence electrons. The molecular weight excluding hydrogens is 360 g/mol. The van der Waals surface area contributed by atoms with Crippen molar-refractivity contribution in [1.29, 1.82) is 0 Å². The molecule has 0 atom stereocenters. The third kappa shape index (κ3) is 3.81. The number of nitrogens with one attached hydrogen (secondary N) is 1. The van der Waals surface area contributed by atoms with Crippen LogP contribution < -0.4 is 9.62 Å². The molecule has 1 aliphatic heterocycles. The second-order valence-corrected chi connectivity index (χ2v) is 7.71. The summed E-state index contributed by atoms with van der Waals surface area (Å²) in [5, 5.41) is 0. The van der Waals surface area contributed by atoms with Gasteiger partial charge in [-0.2, -0.15) is 0 Å². The third-order valence-electron chi connectivity index (χ3n) is 4.50. The predicted octanol–water partition coefficient (Wildman–Crippen LogP) is 2.91. The number of anilines is 2. The fraction of sp³-hybridized carbons (Fsp3) is 0.333. The van der Waals surface area contributed by atoms with Gasteiger partial charge in [-0.3, -0.25) is 4.72 Å². The Kier molecular flexibility index (Phi) is 5.43. The summed E-state index contributed by atoms with van der Waals surface area (Å²) < 4.78 is 55.3. The molecule has 1 fully saturated rings. The lowest BCUT2D eigenvalue weighted by Gasteiger charge is -2.36. The lowest BCUT2D eigenvalue weighted by Crippen LogP contribution is -2.46. The summed E-state index contributed by atoms with van der Waals surface area (Å²) in [5.74, 6) is -2.24. The Morgan fingerprint density at radius 2 is 1.58 bits per heavy atom.